The van der Waals surface area contributed by atoms with Gasteiger partial charge in [0.05, 0.1) is 11.2 Å². The van der Waals surface area contributed by atoms with Crippen molar-refractivity contribution in [2.24, 2.45) is 0 Å². The normalized spacial score (nSPS) is 18.7. The van der Waals surface area contributed by atoms with Crippen molar-refractivity contribution in [2.75, 3.05) is 13.1 Å². The van der Waals surface area contributed by atoms with E-state index in [0.29, 0.717) is 5.92 Å². The van der Waals surface area contributed by atoms with Crippen molar-refractivity contribution in [2.45, 2.75) is 25.7 Å². The van der Waals surface area contributed by atoms with E-state index in [9.17, 15) is 0 Å². The van der Waals surface area contributed by atoms with Gasteiger partial charge in [-0.05, 0) is 44.5 Å². The molecule has 3 heteroatoms. The van der Waals surface area contributed by atoms with Crippen LogP contribution in [0.3, 0.4) is 0 Å². The molecule has 1 unspecified atom stereocenters. The molecule has 1 aliphatic heterocycles. The van der Waals surface area contributed by atoms with Crippen LogP contribution in [-0.4, -0.2) is 22.5 Å². The molecule has 1 fully saturated rings. The smallest absolute Gasteiger partial charge is 0.118 e. The highest BCUT2D eigenvalue weighted by Crippen LogP contribution is 2.30. The maximum atomic E-state index is 5.05. The van der Waals surface area contributed by atoms with Crippen molar-refractivity contribution in [3.63, 3.8) is 0 Å². The summed E-state index contributed by atoms with van der Waals surface area (Å²) >= 11 is 0. The second-order valence-electron chi connectivity index (χ2n) is 6.19. The van der Waals surface area contributed by atoms with E-state index in [1.54, 1.807) is 0 Å². The van der Waals surface area contributed by atoms with Gasteiger partial charge >= 0.3 is 0 Å². The average Bonchev–Trinajstić information content (AvgIpc) is 2.95. The van der Waals surface area contributed by atoms with Crippen molar-refractivity contribution in [1.82, 2.24) is 14.7 Å². The number of rotatable bonds is 2. The molecule has 3 heterocycles. The van der Waals surface area contributed by atoms with Crippen LogP contribution in [0.5, 0.6) is 0 Å². The molecule has 112 valence electrons. The molecule has 1 aliphatic rings. The predicted octanol–water partition coefficient (Wildman–Crippen LogP) is 3.78. The SMILES string of the molecule is Cc1cccc(-c2nc(C3CCCNC3)n3ccccc23)c1. The number of imidazole rings is 1. The summed E-state index contributed by atoms with van der Waals surface area (Å²) in [6.45, 7) is 4.29. The number of hydrogen-bond donors (Lipinski definition) is 1. The van der Waals surface area contributed by atoms with E-state index >= 15 is 0 Å². The molecule has 2 aromatic heterocycles. The second-order valence-corrected chi connectivity index (χ2v) is 6.19. The Hall–Kier alpha value is -2.13. The number of nitrogens with zero attached hydrogens (tertiary/aromatic N) is 2. The first kappa shape index (κ1) is 13.5. The number of hydrogen-bond acceptors (Lipinski definition) is 2. The fourth-order valence-electron chi connectivity index (χ4n) is 3.43. The van der Waals surface area contributed by atoms with Crippen LogP contribution in [-0.2, 0) is 0 Å². The first-order chi connectivity index (χ1) is 10.8. The quantitative estimate of drug-likeness (QED) is 0.778. The van der Waals surface area contributed by atoms with Crippen molar-refractivity contribution in [1.29, 1.82) is 0 Å². The van der Waals surface area contributed by atoms with Crippen molar-refractivity contribution in [3.8, 4) is 11.3 Å². The van der Waals surface area contributed by atoms with Crippen LogP contribution in [0.15, 0.2) is 48.7 Å². The summed E-state index contributed by atoms with van der Waals surface area (Å²) < 4.78 is 2.27. The number of piperidine rings is 1. The number of pyridine rings is 1. The molecule has 0 bridgehead atoms. The lowest BCUT2D eigenvalue weighted by Gasteiger charge is -2.21. The molecule has 3 aromatic rings. The summed E-state index contributed by atoms with van der Waals surface area (Å²) in [5.74, 6) is 1.70. The minimum Gasteiger partial charge on any atom is -0.316 e. The van der Waals surface area contributed by atoms with Crippen LogP contribution in [0.25, 0.3) is 16.8 Å². The highest BCUT2D eigenvalue weighted by molar-refractivity contribution is 5.78. The summed E-state index contributed by atoms with van der Waals surface area (Å²) in [6, 6.07) is 15.0. The predicted molar refractivity (Wildman–Crippen MR) is 90.2 cm³/mol. The van der Waals surface area contributed by atoms with Gasteiger partial charge in [0.1, 0.15) is 5.82 Å². The summed E-state index contributed by atoms with van der Waals surface area (Å²) in [5.41, 5.74) is 4.78. The average molecular weight is 291 g/mol. The minimum atomic E-state index is 0.502. The van der Waals surface area contributed by atoms with E-state index < -0.39 is 0 Å². The fourth-order valence-corrected chi connectivity index (χ4v) is 3.43. The van der Waals surface area contributed by atoms with Gasteiger partial charge in [-0.15, -0.1) is 0 Å². The molecule has 1 aromatic carbocycles. The van der Waals surface area contributed by atoms with Gasteiger partial charge in [-0.1, -0.05) is 29.8 Å². The minimum absolute atomic E-state index is 0.502. The van der Waals surface area contributed by atoms with E-state index in [0.717, 1.165) is 18.8 Å². The number of nitrogens with one attached hydrogen (secondary N) is 1. The van der Waals surface area contributed by atoms with Crippen LogP contribution in [0.4, 0.5) is 0 Å². The lowest BCUT2D eigenvalue weighted by molar-refractivity contribution is 0.446. The zero-order valence-corrected chi connectivity index (χ0v) is 12.9. The summed E-state index contributed by atoms with van der Waals surface area (Å²) in [4.78, 5) is 5.05. The molecule has 0 aliphatic carbocycles. The third-order valence-corrected chi connectivity index (χ3v) is 4.53. The second kappa shape index (κ2) is 5.58. The van der Waals surface area contributed by atoms with E-state index in [-0.39, 0.29) is 0 Å². The number of fused-ring (bicyclic) bond motifs is 1. The van der Waals surface area contributed by atoms with Gasteiger partial charge in [0.25, 0.3) is 0 Å². The van der Waals surface area contributed by atoms with Gasteiger partial charge in [0, 0.05) is 24.2 Å². The Kier molecular flexibility index (Phi) is 3.43. The van der Waals surface area contributed by atoms with Crippen molar-refractivity contribution in [3.05, 3.63) is 60.0 Å². The number of benzene rings is 1. The Morgan fingerprint density at radius 1 is 1.18 bits per heavy atom. The highest BCUT2D eigenvalue weighted by atomic mass is 15.0. The zero-order chi connectivity index (χ0) is 14.9. The standard InChI is InChI=1S/C19H21N3/c1-14-6-4-7-15(12-14)18-17-9-2-3-11-22(17)19(21-18)16-8-5-10-20-13-16/h2-4,6-7,9,11-12,16,20H,5,8,10,13H2,1H3. The lowest BCUT2D eigenvalue weighted by Crippen LogP contribution is -2.29. The molecular formula is C19H21N3. The first-order valence-electron chi connectivity index (χ1n) is 8.07. The maximum Gasteiger partial charge on any atom is 0.118 e. The molecule has 1 atom stereocenters. The third kappa shape index (κ3) is 2.32. The van der Waals surface area contributed by atoms with Crippen molar-refractivity contribution >= 4 is 5.52 Å². The zero-order valence-electron chi connectivity index (χ0n) is 12.9. The Bertz CT molecular complexity index is 797. The molecule has 1 N–H and O–H groups in total. The molecule has 0 saturated carbocycles. The van der Waals surface area contributed by atoms with E-state index in [1.165, 1.54) is 35.3 Å². The third-order valence-electron chi connectivity index (χ3n) is 4.53. The monoisotopic (exact) mass is 291 g/mol. The Labute approximate surface area is 131 Å². The first-order valence-corrected chi connectivity index (χ1v) is 8.07. The summed E-state index contributed by atoms with van der Waals surface area (Å²) in [5, 5.41) is 3.50. The van der Waals surface area contributed by atoms with Crippen molar-refractivity contribution < 1.29 is 0 Å². The summed E-state index contributed by atoms with van der Waals surface area (Å²) in [6.07, 6.45) is 4.59. The molecule has 3 nitrogen and oxygen atoms in total. The molecule has 0 radical (unpaired) electrons. The fraction of sp³-hybridized carbons (Fsp3) is 0.316. The van der Waals surface area contributed by atoms with Gasteiger partial charge in [-0.2, -0.15) is 0 Å². The topological polar surface area (TPSA) is 29.3 Å². The highest BCUT2D eigenvalue weighted by Gasteiger charge is 2.22. The lowest BCUT2D eigenvalue weighted by atomic mass is 9.99. The molecule has 22 heavy (non-hydrogen) atoms. The van der Waals surface area contributed by atoms with E-state index in [2.05, 4.69) is 65.3 Å². The Morgan fingerprint density at radius 2 is 2.14 bits per heavy atom. The van der Waals surface area contributed by atoms with Crippen LogP contribution < -0.4 is 5.32 Å². The van der Waals surface area contributed by atoms with Crippen LogP contribution in [0.2, 0.25) is 0 Å². The largest absolute Gasteiger partial charge is 0.316 e. The van der Waals surface area contributed by atoms with Gasteiger partial charge in [0.15, 0.2) is 0 Å². The number of aromatic nitrogens is 2. The molecule has 0 spiro atoms. The molecule has 1 saturated heterocycles. The van der Waals surface area contributed by atoms with Gasteiger partial charge < -0.3 is 9.72 Å². The Morgan fingerprint density at radius 3 is 2.95 bits per heavy atom. The van der Waals surface area contributed by atoms with Crippen LogP contribution in [0, 0.1) is 6.92 Å². The van der Waals surface area contributed by atoms with E-state index in [1.807, 2.05) is 0 Å². The number of aryl methyl sites for hydroxylation is 1. The maximum absolute atomic E-state index is 5.05. The molecule has 0 amide bonds. The molecule has 4 rings (SSSR count). The Balaban J connectivity index is 1.88. The van der Waals surface area contributed by atoms with Gasteiger partial charge in [-0.3, -0.25) is 0 Å². The van der Waals surface area contributed by atoms with Gasteiger partial charge in [0.2, 0.25) is 0 Å². The van der Waals surface area contributed by atoms with Gasteiger partial charge in [-0.25, -0.2) is 4.98 Å². The van der Waals surface area contributed by atoms with E-state index in [4.69, 9.17) is 4.98 Å². The summed E-state index contributed by atoms with van der Waals surface area (Å²) in [7, 11) is 0. The van der Waals surface area contributed by atoms with Crippen LogP contribution in [0.1, 0.15) is 30.1 Å². The van der Waals surface area contributed by atoms with Crippen LogP contribution >= 0.6 is 0 Å². The molecular weight excluding hydrogens is 270 g/mol.